The van der Waals surface area contributed by atoms with E-state index in [1.165, 1.54) is 33.6 Å². The topological polar surface area (TPSA) is 28.2 Å². The maximum absolute atomic E-state index is 4.94. The number of benzene rings is 1. The lowest BCUT2D eigenvalue weighted by Crippen LogP contribution is -2.31. The van der Waals surface area contributed by atoms with Crippen molar-refractivity contribution in [2.75, 3.05) is 6.54 Å². The Balaban J connectivity index is 0.00000144. The quantitative estimate of drug-likeness (QED) is 0.923. The van der Waals surface area contributed by atoms with Crippen LogP contribution in [0.4, 0.5) is 0 Å². The Bertz CT molecular complexity index is 670. The number of nitrogens with one attached hydrogen (secondary N) is 1. The highest BCUT2D eigenvalue weighted by molar-refractivity contribution is 5.85. The SMILES string of the molecule is Cc1c2c(nc3c1CNC3)CN(Cc1ccccc1)CC2.Cl. The average molecular weight is 316 g/mol. The van der Waals surface area contributed by atoms with Crippen molar-refractivity contribution < 1.29 is 0 Å². The van der Waals surface area contributed by atoms with E-state index in [1.54, 1.807) is 0 Å². The van der Waals surface area contributed by atoms with Crippen LogP contribution in [-0.2, 0) is 32.6 Å². The third-order valence-electron chi connectivity index (χ3n) is 4.77. The van der Waals surface area contributed by atoms with Crippen LogP contribution in [-0.4, -0.2) is 16.4 Å². The van der Waals surface area contributed by atoms with Crippen LogP contribution in [0.15, 0.2) is 30.3 Å². The van der Waals surface area contributed by atoms with Gasteiger partial charge in [-0.25, -0.2) is 0 Å². The first kappa shape index (κ1) is 15.5. The van der Waals surface area contributed by atoms with Gasteiger partial charge < -0.3 is 5.32 Å². The molecule has 1 aromatic carbocycles. The molecule has 2 aliphatic heterocycles. The predicted octanol–water partition coefficient (Wildman–Crippen LogP) is 2.97. The molecule has 116 valence electrons. The maximum Gasteiger partial charge on any atom is 0.0593 e. The summed E-state index contributed by atoms with van der Waals surface area (Å²) in [6, 6.07) is 10.7. The van der Waals surface area contributed by atoms with Crippen LogP contribution >= 0.6 is 12.4 Å². The van der Waals surface area contributed by atoms with E-state index in [0.29, 0.717) is 0 Å². The minimum absolute atomic E-state index is 0. The van der Waals surface area contributed by atoms with E-state index in [2.05, 4.69) is 47.5 Å². The van der Waals surface area contributed by atoms with Crippen LogP contribution < -0.4 is 5.32 Å². The summed E-state index contributed by atoms with van der Waals surface area (Å²) < 4.78 is 0. The molecule has 0 unspecified atom stereocenters. The Morgan fingerprint density at radius 2 is 1.91 bits per heavy atom. The summed E-state index contributed by atoms with van der Waals surface area (Å²) >= 11 is 0. The highest BCUT2D eigenvalue weighted by Crippen LogP contribution is 2.28. The molecular weight excluding hydrogens is 294 g/mol. The molecule has 0 aliphatic carbocycles. The van der Waals surface area contributed by atoms with Gasteiger partial charge in [0.2, 0.25) is 0 Å². The second-order valence-electron chi connectivity index (χ2n) is 6.14. The standard InChI is InChI=1S/C18H21N3.ClH/c1-13-15-7-8-21(11-14-5-3-2-4-6-14)12-18(15)20-17-10-19-9-16(13)17;/h2-6,19H,7-12H2,1H3;1H. The van der Waals surface area contributed by atoms with Crippen LogP contribution in [0.5, 0.6) is 0 Å². The zero-order valence-electron chi connectivity index (χ0n) is 12.9. The molecule has 4 rings (SSSR count). The number of hydrogen-bond acceptors (Lipinski definition) is 3. The van der Waals surface area contributed by atoms with Gasteiger partial charge in [0.15, 0.2) is 0 Å². The molecule has 0 bridgehead atoms. The highest BCUT2D eigenvalue weighted by Gasteiger charge is 2.24. The summed E-state index contributed by atoms with van der Waals surface area (Å²) in [6.45, 7) is 7.35. The van der Waals surface area contributed by atoms with Gasteiger partial charge in [-0.05, 0) is 35.6 Å². The molecule has 1 aromatic heterocycles. The first-order chi connectivity index (χ1) is 10.3. The molecule has 3 nitrogen and oxygen atoms in total. The maximum atomic E-state index is 4.94. The van der Waals surface area contributed by atoms with Gasteiger partial charge >= 0.3 is 0 Å². The van der Waals surface area contributed by atoms with Gasteiger partial charge in [0, 0.05) is 32.7 Å². The lowest BCUT2D eigenvalue weighted by molar-refractivity contribution is 0.241. The molecule has 22 heavy (non-hydrogen) atoms. The molecular formula is C18H22ClN3. The van der Waals surface area contributed by atoms with Crippen molar-refractivity contribution in [3.05, 3.63) is 64.0 Å². The molecule has 0 saturated heterocycles. The summed E-state index contributed by atoms with van der Waals surface area (Å²) in [7, 11) is 0. The van der Waals surface area contributed by atoms with Crippen LogP contribution in [0.2, 0.25) is 0 Å². The Morgan fingerprint density at radius 3 is 2.73 bits per heavy atom. The van der Waals surface area contributed by atoms with Crippen LogP contribution in [0.25, 0.3) is 0 Å². The van der Waals surface area contributed by atoms with Crippen LogP contribution in [0.1, 0.15) is 33.6 Å². The Labute approximate surface area is 138 Å². The van der Waals surface area contributed by atoms with E-state index in [4.69, 9.17) is 4.98 Å². The molecule has 0 radical (unpaired) electrons. The Hall–Kier alpha value is -1.42. The fraction of sp³-hybridized carbons (Fsp3) is 0.389. The van der Waals surface area contributed by atoms with Crippen LogP contribution in [0.3, 0.4) is 0 Å². The van der Waals surface area contributed by atoms with E-state index in [-0.39, 0.29) is 12.4 Å². The average Bonchev–Trinajstić information content (AvgIpc) is 2.97. The van der Waals surface area contributed by atoms with Crippen molar-refractivity contribution >= 4 is 12.4 Å². The van der Waals surface area contributed by atoms with Crippen molar-refractivity contribution in [2.24, 2.45) is 0 Å². The molecule has 0 spiro atoms. The van der Waals surface area contributed by atoms with Crippen molar-refractivity contribution in [2.45, 2.75) is 39.5 Å². The highest BCUT2D eigenvalue weighted by atomic mass is 35.5. The molecule has 4 heteroatoms. The monoisotopic (exact) mass is 315 g/mol. The van der Waals surface area contributed by atoms with E-state index >= 15 is 0 Å². The zero-order chi connectivity index (χ0) is 14.2. The smallest absolute Gasteiger partial charge is 0.0593 e. The van der Waals surface area contributed by atoms with Gasteiger partial charge in [0.25, 0.3) is 0 Å². The van der Waals surface area contributed by atoms with Gasteiger partial charge in [0.1, 0.15) is 0 Å². The number of nitrogens with zero attached hydrogens (tertiary/aromatic N) is 2. The third kappa shape index (κ3) is 2.76. The number of fused-ring (bicyclic) bond motifs is 2. The first-order valence-corrected chi connectivity index (χ1v) is 7.78. The van der Waals surface area contributed by atoms with E-state index in [1.807, 2.05) is 0 Å². The number of rotatable bonds is 2. The lowest BCUT2D eigenvalue weighted by Gasteiger charge is -2.29. The van der Waals surface area contributed by atoms with Crippen molar-refractivity contribution in [1.29, 1.82) is 0 Å². The summed E-state index contributed by atoms with van der Waals surface area (Å²) in [5, 5.41) is 3.43. The molecule has 0 atom stereocenters. The lowest BCUT2D eigenvalue weighted by atomic mass is 9.95. The fourth-order valence-corrected chi connectivity index (χ4v) is 3.60. The second kappa shape index (κ2) is 6.37. The molecule has 3 heterocycles. The molecule has 2 aromatic rings. The molecule has 0 saturated carbocycles. The molecule has 0 fully saturated rings. The molecule has 1 N–H and O–H groups in total. The summed E-state index contributed by atoms with van der Waals surface area (Å²) in [6.07, 6.45) is 1.13. The Kier molecular flexibility index (Phi) is 4.48. The fourth-order valence-electron chi connectivity index (χ4n) is 3.60. The number of aromatic nitrogens is 1. The van der Waals surface area contributed by atoms with E-state index in [0.717, 1.165) is 39.1 Å². The third-order valence-corrected chi connectivity index (χ3v) is 4.77. The number of halogens is 1. The van der Waals surface area contributed by atoms with Gasteiger partial charge in [0.05, 0.1) is 11.4 Å². The number of hydrogen-bond donors (Lipinski definition) is 1. The normalized spacial score (nSPS) is 16.8. The van der Waals surface area contributed by atoms with Crippen molar-refractivity contribution in [3.63, 3.8) is 0 Å². The largest absolute Gasteiger partial charge is 0.307 e. The van der Waals surface area contributed by atoms with Crippen molar-refractivity contribution in [1.82, 2.24) is 15.2 Å². The minimum Gasteiger partial charge on any atom is -0.307 e. The first-order valence-electron chi connectivity index (χ1n) is 7.78. The summed E-state index contributed by atoms with van der Waals surface area (Å²) in [5.74, 6) is 0. The minimum atomic E-state index is 0. The predicted molar refractivity (Wildman–Crippen MR) is 91.0 cm³/mol. The van der Waals surface area contributed by atoms with Gasteiger partial charge in [-0.15, -0.1) is 12.4 Å². The summed E-state index contributed by atoms with van der Waals surface area (Å²) in [5.41, 5.74) is 8.40. The van der Waals surface area contributed by atoms with Crippen LogP contribution in [0, 0.1) is 6.92 Å². The zero-order valence-corrected chi connectivity index (χ0v) is 13.7. The van der Waals surface area contributed by atoms with E-state index in [9.17, 15) is 0 Å². The second-order valence-corrected chi connectivity index (χ2v) is 6.14. The molecule has 0 amide bonds. The van der Waals surface area contributed by atoms with Gasteiger partial charge in [-0.1, -0.05) is 30.3 Å². The van der Waals surface area contributed by atoms with Gasteiger partial charge in [-0.3, -0.25) is 9.88 Å². The van der Waals surface area contributed by atoms with E-state index < -0.39 is 0 Å². The number of pyridine rings is 1. The molecule has 2 aliphatic rings. The summed E-state index contributed by atoms with van der Waals surface area (Å²) in [4.78, 5) is 7.46. The van der Waals surface area contributed by atoms with Gasteiger partial charge in [-0.2, -0.15) is 0 Å². The Morgan fingerprint density at radius 1 is 1.09 bits per heavy atom. The van der Waals surface area contributed by atoms with Crippen molar-refractivity contribution in [3.8, 4) is 0 Å².